The number of nitriles is 1. The van der Waals surface area contributed by atoms with Crippen molar-refractivity contribution in [1.29, 1.82) is 5.26 Å². The first-order valence-corrected chi connectivity index (χ1v) is 15.2. The number of rotatable bonds is 11. The van der Waals surface area contributed by atoms with Crippen LogP contribution in [0.3, 0.4) is 0 Å². The van der Waals surface area contributed by atoms with Gasteiger partial charge < -0.3 is 20.1 Å². The minimum absolute atomic E-state index is 0.0907. The second kappa shape index (κ2) is 15.2. The maximum atomic E-state index is 13.3. The van der Waals surface area contributed by atoms with E-state index < -0.39 is 0 Å². The highest BCUT2D eigenvalue weighted by atomic mass is 35.5. The van der Waals surface area contributed by atoms with Crippen molar-refractivity contribution in [2.75, 3.05) is 11.9 Å². The van der Waals surface area contributed by atoms with E-state index in [2.05, 4.69) is 35.5 Å². The number of benzene rings is 3. The molecule has 0 aliphatic heterocycles. The molecule has 1 aromatic heterocycles. The third kappa shape index (κ3) is 8.94. The molecule has 0 saturated carbocycles. The van der Waals surface area contributed by atoms with Crippen molar-refractivity contribution in [3.63, 3.8) is 0 Å². The van der Waals surface area contributed by atoms with Gasteiger partial charge in [0, 0.05) is 37.6 Å². The Morgan fingerprint density at radius 3 is 2.47 bits per heavy atom. The molecule has 0 bridgehead atoms. The van der Waals surface area contributed by atoms with Crippen LogP contribution in [0.25, 0.3) is 0 Å². The molecule has 1 amide bonds. The number of hydrogen-bond donors (Lipinski definition) is 2. The normalized spacial score (nSPS) is 11.6. The Labute approximate surface area is 272 Å². The third-order valence-electron chi connectivity index (χ3n) is 6.94. The summed E-state index contributed by atoms with van der Waals surface area (Å²) in [7, 11) is 0. The summed E-state index contributed by atoms with van der Waals surface area (Å²) in [5, 5.41) is 17.4. The van der Waals surface area contributed by atoms with Gasteiger partial charge in [-0.25, -0.2) is 4.98 Å². The molecular weight excluding hydrogens is 623 g/mol. The van der Waals surface area contributed by atoms with Crippen LogP contribution in [0.4, 0.5) is 5.69 Å². The molecule has 0 fully saturated rings. The standard InChI is InChI=1S/C32H31Cl3N6OS/c1-21(2)29(38-30(42)14-25-16-37-20-41(25)17-23-12-10-22(15-36)11-13-23)19-40(18-24-6-5-8-27(34)31(24)35)32(43)39-28-9-4-3-7-26(28)33/h3-13,16,20-21,29H,14,17-19H2,1-2H3,(H,38,42)(H,39,43)/t29-/m1/s1. The molecule has 2 N–H and O–H groups in total. The lowest BCUT2D eigenvalue weighted by molar-refractivity contribution is -0.121. The van der Waals surface area contributed by atoms with Crippen LogP contribution < -0.4 is 10.6 Å². The Bertz CT molecular complexity index is 1620. The van der Waals surface area contributed by atoms with Crippen molar-refractivity contribution in [2.24, 2.45) is 5.92 Å². The first-order chi connectivity index (χ1) is 20.6. The van der Waals surface area contributed by atoms with Crippen LogP contribution >= 0.6 is 47.0 Å². The molecule has 11 heteroatoms. The Kier molecular flexibility index (Phi) is 11.4. The smallest absolute Gasteiger partial charge is 0.226 e. The minimum atomic E-state index is -0.244. The lowest BCUT2D eigenvalue weighted by Crippen LogP contribution is -2.49. The number of thiocarbonyl (C=S) groups is 1. The number of carbonyl (C=O) groups is 1. The number of imidazole rings is 1. The van der Waals surface area contributed by atoms with E-state index in [4.69, 9.17) is 52.3 Å². The van der Waals surface area contributed by atoms with Crippen molar-refractivity contribution in [1.82, 2.24) is 19.8 Å². The monoisotopic (exact) mass is 652 g/mol. The second-order valence-corrected chi connectivity index (χ2v) is 12.0. The average molecular weight is 654 g/mol. The maximum absolute atomic E-state index is 13.3. The van der Waals surface area contributed by atoms with Crippen molar-refractivity contribution < 1.29 is 4.79 Å². The quantitative estimate of drug-likeness (QED) is 0.165. The highest BCUT2D eigenvalue weighted by Gasteiger charge is 2.24. The van der Waals surface area contributed by atoms with Crippen LogP contribution in [0.5, 0.6) is 0 Å². The van der Waals surface area contributed by atoms with Crippen molar-refractivity contribution in [2.45, 2.75) is 39.4 Å². The van der Waals surface area contributed by atoms with Crippen LogP contribution in [-0.2, 0) is 24.3 Å². The maximum Gasteiger partial charge on any atom is 0.226 e. The molecule has 4 aromatic rings. The molecule has 3 aromatic carbocycles. The summed E-state index contributed by atoms with van der Waals surface area (Å²) in [5.74, 6) is -0.0426. The summed E-state index contributed by atoms with van der Waals surface area (Å²) in [5.41, 5.74) is 3.87. The van der Waals surface area contributed by atoms with Gasteiger partial charge in [0.25, 0.3) is 0 Å². The number of nitrogens with zero attached hydrogens (tertiary/aromatic N) is 4. The average Bonchev–Trinajstić information content (AvgIpc) is 3.41. The van der Waals surface area contributed by atoms with Gasteiger partial charge in [0.15, 0.2) is 5.11 Å². The number of hydrogen-bond acceptors (Lipinski definition) is 4. The van der Waals surface area contributed by atoms with Crippen LogP contribution in [0.15, 0.2) is 79.3 Å². The van der Waals surface area contributed by atoms with E-state index in [-0.39, 0.29) is 24.3 Å². The van der Waals surface area contributed by atoms with Crippen LogP contribution in [0.1, 0.15) is 36.2 Å². The van der Waals surface area contributed by atoms with Gasteiger partial charge in [-0.05, 0) is 59.6 Å². The summed E-state index contributed by atoms with van der Waals surface area (Å²) >= 11 is 25.1. The van der Waals surface area contributed by atoms with Crippen molar-refractivity contribution in [3.05, 3.63) is 117 Å². The molecule has 43 heavy (non-hydrogen) atoms. The van der Waals surface area contributed by atoms with Gasteiger partial charge in [0.1, 0.15) is 0 Å². The van der Waals surface area contributed by atoms with Gasteiger partial charge >= 0.3 is 0 Å². The molecule has 4 rings (SSSR count). The molecule has 0 unspecified atom stereocenters. The predicted molar refractivity (Wildman–Crippen MR) is 178 cm³/mol. The van der Waals surface area contributed by atoms with Gasteiger partial charge in [-0.1, -0.05) is 85.0 Å². The van der Waals surface area contributed by atoms with Crippen molar-refractivity contribution >= 4 is 63.7 Å². The molecule has 0 aliphatic carbocycles. The fourth-order valence-electron chi connectivity index (χ4n) is 4.45. The number of carbonyl (C=O) groups excluding carboxylic acids is 1. The number of aromatic nitrogens is 2. The van der Waals surface area contributed by atoms with Gasteiger partial charge in [0.2, 0.25) is 5.91 Å². The molecule has 0 saturated heterocycles. The van der Waals surface area contributed by atoms with Gasteiger partial charge in [0.05, 0.1) is 45.1 Å². The molecule has 222 valence electrons. The summed E-state index contributed by atoms with van der Waals surface area (Å²) in [4.78, 5) is 19.6. The van der Waals surface area contributed by atoms with E-state index in [0.29, 0.717) is 51.1 Å². The number of para-hydroxylation sites is 1. The molecule has 0 radical (unpaired) electrons. The molecule has 1 heterocycles. The van der Waals surface area contributed by atoms with Crippen LogP contribution in [0.2, 0.25) is 15.1 Å². The molecular formula is C32H31Cl3N6OS. The number of halogens is 3. The number of nitrogens with one attached hydrogen (secondary N) is 2. The van der Waals surface area contributed by atoms with Crippen LogP contribution in [0, 0.1) is 17.2 Å². The van der Waals surface area contributed by atoms with Gasteiger partial charge in [-0.15, -0.1) is 0 Å². The van der Waals surface area contributed by atoms with Gasteiger partial charge in [-0.2, -0.15) is 5.26 Å². The second-order valence-electron chi connectivity index (χ2n) is 10.4. The van der Waals surface area contributed by atoms with E-state index in [9.17, 15) is 4.79 Å². The van der Waals surface area contributed by atoms with E-state index in [0.717, 1.165) is 16.8 Å². The zero-order valence-electron chi connectivity index (χ0n) is 23.7. The van der Waals surface area contributed by atoms with E-state index in [1.165, 1.54) is 0 Å². The zero-order chi connectivity index (χ0) is 30.9. The molecule has 1 atom stereocenters. The zero-order valence-corrected chi connectivity index (χ0v) is 26.8. The summed E-state index contributed by atoms with van der Waals surface area (Å²) < 4.78 is 1.93. The van der Waals surface area contributed by atoms with E-state index in [1.54, 1.807) is 36.8 Å². The largest absolute Gasteiger partial charge is 0.351 e. The highest BCUT2D eigenvalue weighted by Crippen LogP contribution is 2.28. The summed E-state index contributed by atoms with van der Waals surface area (Å²) in [6, 6.07) is 22.1. The van der Waals surface area contributed by atoms with E-state index >= 15 is 0 Å². The number of anilines is 1. The fraction of sp³-hybridized carbons (Fsp3) is 0.250. The SMILES string of the molecule is CC(C)[C@@H](CN(Cc1cccc(Cl)c1Cl)C(=S)Nc1ccccc1Cl)NC(=O)Cc1cncn1Cc1ccc(C#N)cc1. The first kappa shape index (κ1) is 32.3. The Morgan fingerprint density at radius 2 is 1.77 bits per heavy atom. The Morgan fingerprint density at radius 1 is 1.05 bits per heavy atom. The molecule has 7 nitrogen and oxygen atoms in total. The topological polar surface area (TPSA) is 86.0 Å². The first-order valence-electron chi connectivity index (χ1n) is 13.6. The molecule has 0 spiro atoms. The van der Waals surface area contributed by atoms with E-state index in [1.807, 2.05) is 51.9 Å². The molecule has 0 aliphatic rings. The number of amides is 1. The lowest BCUT2D eigenvalue weighted by atomic mass is 10.0. The van der Waals surface area contributed by atoms with Gasteiger partial charge in [-0.3, -0.25) is 4.79 Å². The Hall–Kier alpha value is -3.61. The summed E-state index contributed by atoms with van der Waals surface area (Å²) in [6.07, 6.45) is 3.56. The van der Waals surface area contributed by atoms with Crippen LogP contribution in [-0.4, -0.2) is 38.1 Å². The fourth-order valence-corrected chi connectivity index (χ4v) is 5.27. The minimum Gasteiger partial charge on any atom is -0.351 e. The highest BCUT2D eigenvalue weighted by molar-refractivity contribution is 7.80. The summed E-state index contributed by atoms with van der Waals surface area (Å²) in [6.45, 7) is 5.42. The Balaban J connectivity index is 1.49. The lowest BCUT2D eigenvalue weighted by Gasteiger charge is -2.33. The third-order valence-corrected chi connectivity index (χ3v) is 8.49. The predicted octanol–water partition coefficient (Wildman–Crippen LogP) is 7.35. The van der Waals surface area contributed by atoms with Crippen molar-refractivity contribution in [3.8, 4) is 6.07 Å².